The van der Waals surface area contributed by atoms with Crippen LogP contribution in [0.5, 0.6) is 0 Å². The van der Waals surface area contributed by atoms with E-state index in [9.17, 15) is 0 Å². The topological polar surface area (TPSA) is 9.23 Å². The molecule has 0 saturated heterocycles. The molecule has 1 atom stereocenters. The molecule has 0 amide bonds. The van der Waals surface area contributed by atoms with E-state index in [2.05, 4.69) is 34.2 Å². The van der Waals surface area contributed by atoms with Crippen molar-refractivity contribution in [2.24, 2.45) is 5.92 Å². The van der Waals surface area contributed by atoms with Crippen molar-refractivity contribution in [2.75, 3.05) is 7.11 Å². The number of rotatable bonds is 2. The Labute approximate surface area is 88.0 Å². The average molecular weight is 243 g/mol. The first-order valence-electron chi connectivity index (χ1n) is 4.86. The third kappa shape index (κ3) is 1.89. The van der Waals surface area contributed by atoms with Gasteiger partial charge in [0.25, 0.3) is 0 Å². The molecule has 0 aromatic carbocycles. The van der Waals surface area contributed by atoms with Crippen molar-refractivity contribution in [2.45, 2.75) is 30.2 Å². The van der Waals surface area contributed by atoms with Crippen LogP contribution in [0.15, 0.2) is 23.8 Å². The Balaban J connectivity index is 2.06. The van der Waals surface area contributed by atoms with Crippen molar-refractivity contribution in [1.82, 2.24) is 0 Å². The second-order valence-electron chi connectivity index (χ2n) is 3.90. The van der Waals surface area contributed by atoms with Crippen molar-refractivity contribution in [3.63, 3.8) is 0 Å². The second kappa shape index (κ2) is 3.58. The van der Waals surface area contributed by atoms with Gasteiger partial charge >= 0.3 is 0 Å². The molecule has 0 bridgehead atoms. The zero-order valence-corrected chi connectivity index (χ0v) is 9.51. The first-order chi connectivity index (χ1) is 6.23. The van der Waals surface area contributed by atoms with E-state index in [0.29, 0.717) is 0 Å². The summed E-state index contributed by atoms with van der Waals surface area (Å²) in [6.07, 6.45) is 11.6. The molecule has 0 N–H and O–H groups in total. The molecular weight excluding hydrogens is 228 g/mol. The molecule has 72 valence electrons. The Hall–Kier alpha value is -0.0800. The van der Waals surface area contributed by atoms with Gasteiger partial charge in [0.05, 0.1) is 0 Å². The zero-order valence-electron chi connectivity index (χ0n) is 7.92. The van der Waals surface area contributed by atoms with Gasteiger partial charge in [-0.05, 0) is 40.8 Å². The molecule has 0 aliphatic heterocycles. The van der Waals surface area contributed by atoms with Crippen molar-refractivity contribution in [1.29, 1.82) is 0 Å². The number of methoxy groups -OCH3 is 1. The first kappa shape index (κ1) is 9.47. The summed E-state index contributed by atoms with van der Waals surface area (Å²) in [5, 5.41) is 0. The van der Waals surface area contributed by atoms with Crippen LogP contribution in [0.1, 0.15) is 25.7 Å². The molecule has 0 spiro atoms. The zero-order chi connectivity index (χ0) is 9.31. The van der Waals surface area contributed by atoms with Crippen molar-refractivity contribution in [3.8, 4) is 0 Å². The van der Waals surface area contributed by atoms with Gasteiger partial charge in [-0.3, -0.25) is 0 Å². The van der Waals surface area contributed by atoms with Crippen LogP contribution in [0.25, 0.3) is 0 Å². The van der Waals surface area contributed by atoms with E-state index in [1.165, 1.54) is 19.3 Å². The molecule has 0 aromatic rings. The average Bonchev–Trinajstić information content (AvgIpc) is 2.01. The van der Waals surface area contributed by atoms with Crippen LogP contribution in [0, 0.1) is 5.92 Å². The molecule has 0 aromatic heterocycles. The summed E-state index contributed by atoms with van der Waals surface area (Å²) in [5.74, 6) is 0.831. The Morgan fingerprint density at radius 3 is 2.85 bits per heavy atom. The summed E-state index contributed by atoms with van der Waals surface area (Å²) in [6, 6.07) is 0. The lowest BCUT2D eigenvalue weighted by Crippen LogP contribution is -2.27. The third-order valence-corrected chi connectivity index (χ3v) is 3.94. The third-order valence-electron chi connectivity index (χ3n) is 3.07. The van der Waals surface area contributed by atoms with E-state index in [-0.39, 0.29) is 4.51 Å². The predicted molar refractivity (Wildman–Crippen MR) is 57.8 cm³/mol. The van der Waals surface area contributed by atoms with Gasteiger partial charge in [0, 0.05) is 13.5 Å². The minimum absolute atomic E-state index is 0.229. The second-order valence-corrected chi connectivity index (χ2v) is 5.24. The molecule has 0 heterocycles. The minimum Gasteiger partial charge on any atom is -0.363 e. The van der Waals surface area contributed by atoms with Crippen molar-refractivity contribution >= 4 is 15.9 Å². The molecule has 0 radical (unpaired) electrons. The largest absolute Gasteiger partial charge is 0.363 e. The summed E-state index contributed by atoms with van der Waals surface area (Å²) < 4.78 is 5.19. The summed E-state index contributed by atoms with van der Waals surface area (Å²) in [7, 11) is 1.75. The lowest BCUT2D eigenvalue weighted by atomic mass is 9.76. The van der Waals surface area contributed by atoms with E-state index in [1.807, 2.05) is 0 Å². The fourth-order valence-corrected chi connectivity index (χ4v) is 2.39. The Morgan fingerprint density at radius 1 is 1.54 bits per heavy atom. The Kier molecular flexibility index (Phi) is 2.61. The fraction of sp³-hybridized carbons (Fsp3) is 0.636. The van der Waals surface area contributed by atoms with Gasteiger partial charge in [0.1, 0.15) is 4.51 Å². The van der Waals surface area contributed by atoms with Gasteiger partial charge in [0.15, 0.2) is 0 Å². The minimum atomic E-state index is -0.229. The lowest BCUT2D eigenvalue weighted by molar-refractivity contribution is 0.112. The molecule has 2 heteroatoms. The Bertz CT molecular complexity index is 253. The van der Waals surface area contributed by atoms with E-state index < -0.39 is 0 Å². The van der Waals surface area contributed by atoms with E-state index in [4.69, 9.17) is 4.74 Å². The molecule has 13 heavy (non-hydrogen) atoms. The maximum atomic E-state index is 5.42. The smallest absolute Gasteiger partial charge is 0.144 e. The summed E-state index contributed by atoms with van der Waals surface area (Å²) >= 11 is 3.61. The molecule has 1 fully saturated rings. The first-order valence-corrected chi connectivity index (χ1v) is 5.65. The Morgan fingerprint density at radius 2 is 2.31 bits per heavy atom. The fourth-order valence-electron chi connectivity index (χ4n) is 1.91. The van der Waals surface area contributed by atoms with E-state index in [0.717, 1.165) is 12.3 Å². The van der Waals surface area contributed by atoms with Crippen LogP contribution in [0.2, 0.25) is 0 Å². The summed E-state index contributed by atoms with van der Waals surface area (Å²) in [5.41, 5.74) is 1.55. The molecular formula is C11H15BrO. The number of allylic oxidation sites excluding steroid dienone is 2. The highest BCUT2D eigenvalue weighted by Crippen LogP contribution is 2.41. The van der Waals surface area contributed by atoms with Crippen LogP contribution in [0.3, 0.4) is 0 Å². The van der Waals surface area contributed by atoms with Crippen LogP contribution >= 0.6 is 15.9 Å². The highest BCUT2D eigenvalue weighted by Gasteiger charge is 2.31. The SMILES string of the molecule is COC1(Br)C=CC=C(C2CCC2)C1. The van der Waals surface area contributed by atoms with Crippen LogP contribution in [-0.2, 0) is 4.74 Å². The van der Waals surface area contributed by atoms with Gasteiger partial charge < -0.3 is 4.74 Å². The highest BCUT2D eigenvalue weighted by atomic mass is 79.9. The summed E-state index contributed by atoms with van der Waals surface area (Å²) in [6.45, 7) is 0. The molecule has 1 unspecified atom stereocenters. The van der Waals surface area contributed by atoms with Crippen molar-refractivity contribution in [3.05, 3.63) is 23.8 Å². The molecule has 2 aliphatic rings. The molecule has 2 aliphatic carbocycles. The number of alkyl halides is 1. The van der Waals surface area contributed by atoms with Gasteiger partial charge in [-0.2, -0.15) is 0 Å². The van der Waals surface area contributed by atoms with Crippen LogP contribution < -0.4 is 0 Å². The van der Waals surface area contributed by atoms with E-state index in [1.54, 1.807) is 12.7 Å². The standard InChI is InChI=1S/C11H15BrO/c1-13-11(12)7-3-6-10(8-11)9-4-2-5-9/h3,6-7,9H,2,4-5,8H2,1H3. The quantitative estimate of drug-likeness (QED) is 0.675. The van der Waals surface area contributed by atoms with Crippen molar-refractivity contribution < 1.29 is 4.74 Å². The molecule has 1 saturated carbocycles. The van der Waals surface area contributed by atoms with Gasteiger partial charge in [-0.15, -0.1) is 0 Å². The van der Waals surface area contributed by atoms with Gasteiger partial charge in [-0.25, -0.2) is 0 Å². The predicted octanol–water partition coefficient (Wildman–Crippen LogP) is 3.41. The van der Waals surface area contributed by atoms with Crippen LogP contribution in [0.4, 0.5) is 0 Å². The molecule has 2 rings (SSSR count). The van der Waals surface area contributed by atoms with E-state index >= 15 is 0 Å². The lowest BCUT2D eigenvalue weighted by Gasteiger charge is -2.34. The number of hydrogen-bond acceptors (Lipinski definition) is 1. The maximum absolute atomic E-state index is 5.42. The molecule has 1 nitrogen and oxygen atoms in total. The summed E-state index contributed by atoms with van der Waals surface area (Å²) in [4.78, 5) is 0. The highest BCUT2D eigenvalue weighted by molar-refractivity contribution is 9.10. The number of halogens is 1. The maximum Gasteiger partial charge on any atom is 0.144 e. The van der Waals surface area contributed by atoms with Crippen LogP contribution in [-0.4, -0.2) is 11.6 Å². The number of ether oxygens (including phenoxy) is 1. The van der Waals surface area contributed by atoms with Gasteiger partial charge in [0.2, 0.25) is 0 Å². The van der Waals surface area contributed by atoms with Gasteiger partial charge in [-0.1, -0.05) is 24.1 Å². The normalized spacial score (nSPS) is 34.2. The monoisotopic (exact) mass is 242 g/mol. The number of hydrogen-bond donors (Lipinski definition) is 0.